The van der Waals surface area contributed by atoms with Gasteiger partial charge >= 0.3 is 6.18 Å². The number of nitrogens with one attached hydrogen (secondary N) is 1. The molecule has 1 aromatic carbocycles. The molecule has 0 saturated carbocycles. The fourth-order valence-electron chi connectivity index (χ4n) is 1.92. The Hall–Kier alpha value is -1.07. The van der Waals surface area contributed by atoms with Crippen LogP contribution in [0.15, 0.2) is 24.3 Å². The predicted octanol–water partition coefficient (Wildman–Crippen LogP) is 3.57. The van der Waals surface area contributed by atoms with E-state index in [0.29, 0.717) is 6.54 Å². The average Bonchev–Trinajstić information content (AvgIpc) is 2.35. The number of rotatable bonds is 7. The van der Waals surface area contributed by atoms with Crippen molar-refractivity contribution in [3.8, 4) is 0 Å². The third-order valence-corrected chi connectivity index (χ3v) is 3.10. The van der Waals surface area contributed by atoms with Gasteiger partial charge < -0.3 is 5.32 Å². The summed E-state index contributed by atoms with van der Waals surface area (Å²) >= 11 is 0. The van der Waals surface area contributed by atoms with Crippen molar-refractivity contribution in [1.82, 2.24) is 10.2 Å². The molecule has 0 aliphatic carbocycles. The van der Waals surface area contributed by atoms with Gasteiger partial charge in [-0.15, -0.1) is 0 Å². The maximum Gasteiger partial charge on any atom is 0.401 e. The Bertz CT molecular complexity index is 385. The minimum Gasteiger partial charge on any atom is -0.313 e. The van der Waals surface area contributed by atoms with Gasteiger partial charge in [-0.2, -0.15) is 13.2 Å². The van der Waals surface area contributed by atoms with Crippen molar-refractivity contribution < 1.29 is 13.2 Å². The van der Waals surface area contributed by atoms with Crippen molar-refractivity contribution in [2.24, 2.45) is 0 Å². The third kappa shape index (κ3) is 6.39. The second kappa shape index (κ2) is 7.64. The molecule has 0 unspecified atom stereocenters. The maximum atomic E-state index is 12.5. The topological polar surface area (TPSA) is 15.3 Å². The molecule has 0 bridgehead atoms. The zero-order valence-corrected chi connectivity index (χ0v) is 12.3. The van der Waals surface area contributed by atoms with Crippen molar-refractivity contribution in [2.75, 3.05) is 13.1 Å². The first-order valence-electron chi connectivity index (χ1n) is 6.91. The molecular weight excluding hydrogens is 265 g/mol. The molecular formula is C15H23F3N2. The number of hydrogen-bond donors (Lipinski definition) is 1. The van der Waals surface area contributed by atoms with Crippen molar-refractivity contribution in [1.29, 1.82) is 0 Å². The van der Waals surface area contributed by atoms with E-state index in [1.54, 1.807) is 13.8 Å². The third-order valence-electron chi connectivity index (χ3n) is 3.10. The monoisotopic (exact) mass is 288 g/mol. The first-order chi connectivity index (χ1) is 9.31. The van der Waals surface area contributed by atoms with E-state index < -0.39 is 12.7 Å². The quantitative estimate of drug-likeness (QED) is 0.825. The Morgan fingerprint density at radius 3 is 2.10 bits per heavy atom. The molecule has 0 heterocycles. The van der Waals surface area contributed by atoms with Gasteiger partial charge in [-0.1, -0.05) is 31.2 Å². The second-order valence-corrected chi connectivity index (χ2v) is 5.21. The molecule has 0 amide bonds. The van der Waals surface area contributed by atoms with Crippen LogP contribution in [0.2, 0.25) is 0 Å². The zero-order chi connectivity index (χ0) is 15.2. The number of alkyl halides is 3. The lowest BCUT2D eigenvalue weighted by Gasteiger charge is -2.27. The molecule has 2 nitrogen and oxygen atoms in total. The zero-order valence-electron chi connectivity index (χ0n) is 12.3. The summed E-state index contributed by atoms with van der Waals surface area (Å²) in [6, 6.07) is 7.59. The number of nitrogens with zero attached hydrogens (tertiary/aromatic N) is 1. The molecule has 0 saturated heterocycles. The molecule has 0 radical (unpaired) electrons. The predicted molar refractivity (Wildman–Crippen MR) is 75.4 cm³/mol. The van der Waals surface area contributed by atoms with Gasteiger partial charge in [0.1, 0.15) is 0 Å². The van der Waals surface area contributed by atoms with Crippen molar-refractivity contribution in [2.45, 2.75) is 46.1 Å². The van der Waals surface area contributed by atoms with Crippen molar-refractivity contribution >= 4 is 0 Å². The molecule has 0 spiro atoms. The van der Waals surface area contributed by atoms with E-state index in [1.165, 1.54) is 4.90 Å². The molecule has 0 aliphatic heterocycles. The average molecular weight is 288 g/mol. The van der Waals surface area contributed by atoms with Crippen LogP contribution in [0.25, 0.3) is 0 Å². The first kappa shape index (κ1) is 17.0. The van der Waals surface area contributed by atoms with Gasteiger partial charge in [0.15, 0.2) is 0 Å². The SMILES string of the molecule is CCNCc1ccc(CN(CC(F)(F)F)C(C)C)cc1. The van der Waals surface area contributed by atoms with E-state index in [2.05, 4.69) is 5.32 Å². The first-order valence-corrected chi connectivity index (χ1v) is 6.91. The van der Waals surface area contributed by atoms with Crippen LogP contribution in [0, 0.1) is 0 Å². The van der Waals surface area contributed by atoms with Gasteiger partial charge in [-0.25, -0.2) is 0 Å². The van der Waals surface area contributed by atoms with Gasteiger partial charge in [-0.3, -0.25) is 4.90 Å². The number of benzene rings is 1. The van der Waals surface area contributed by atoms with E-state index in [0.717, 1.165) is 24.2 Å². The van der Waals surface area contributed by atoms with E-state index in [1.807, 2.05) is 31.2 Å². The lowest BCUT2D eigenvalue weighted by Crippen LogP contribution is -2.38. The summed E-state index contributed by atoms with van der Waals surface area (Å²) in [6.07, 6.45) is -4.16. The lowest BCUT2D eigenvalue weighted by molar-refractivity contribution is -0.150. The Morgan fingerprint density at radius 2 is 1.65 bits per heavy atom. The summed E-state index contributed by atoms with van der Waals surface area (Å²) in [5.41, 5.74) is 2.05. The van der Waals surface area contributed by atoms with Crippen LogP contribution in [0.5, 0.6) is 0 Å². The normalized spacial score (nSPS) is 12.4. The van der Waals surface area contributed by atoms with Crippen LogP contribution in [0.4, 0.5) is 13.2 Å². The highest BCUT2D eigenvalue weighted by Gasteiger charge is 2.31. The Balaban J connectivity index is 2.64. The molecule has 1 N–H and O–H groups in total. The van der Waals surface area contributed by atoms with E-state index in [-0.39, 0.29) is 6.04 Å². The summed E-state index contributed by atoms with van der Waals surface area (Å²) in [7, 11) is 0. The van der Waals surface area contributed by atoms with Crippen LogP contribution >= 0.6 is 0 Å². The highest BCUT2D eigenvalue weighted by atomic mass is 19.4. The highest BCUT2D eigenvalue weighted by molar-refractivity contribution is 5.22. The van der Waals surface area contributed by atoms with Crippen LogP contribution in [-0.2, 0) is 13.1 Å². The summed E-state index contributed by atoms with van der Waals surface area (Å²) in [6.45, 7) is 6.73. The van der Waals surface area contributed by atoms with Gasteiger partial charge in [0.2, 0.25) is 0 Å². The van der Waals surface area contributed by atoms with E-state index >= 15 is 0 Å². The lowest BCUT2D eigenvalue weighted by atomic mass is 10.1. The Morgan fingerprint density at radius 1 is 1.10 bits per heavy atom. The summed E-state index contributed by atoms with van der Waals surface area (Å²) in [5.74, 6) is 0. The fourth-order valence-corrected chi connectivity index (χ4v) is 1.92. The molecule has 1 rings (SSSR count). The molecule has 0 aromatic heterocycles. The summed E-state index contributed by atoms with van der Waals surface area (Å²) in [5, 5.41) is 3.21. The molecule has 114 valence electrons. The minimum absolute atomic E-state index is 0.141. The van der Waals surface area contributed by atoms with Crippen molar-refractivity contribution in [3.05, 3.63) is 35.4 Å². The highest BCUT2D eigenvalue weighted by Crippen LogP contribution is 2.20. The number of hydrogen-bond acceptors (Lipinski definition) is 2. The fraction of sp³-hybridized carbons (Fsp3) is 0.600. The van der Waals surface area contributed by atoms with Gasteiger partial charge in [0, 0.05) is 19.1 Å². The molecule has 0 aliphatic rings. The smallest absolute Gasteiger partial charge is 0.313 e. The van der Waals surface area contributed by atoms with Crippen LogP contribution < -0.4 is 5.32 Å². The number of halogens is 3. The molecule has 5 heteroatoms. The van der Waals surface area contributed by atoms with E-state index in [9.17, 15) is 13.2 Å². The van der Waals surface area contributed by atoms with Gasteiger partial charge in [0.25, 0.3) is 0 Å². The standard InChI is InChI=1S/C15H23F3N2/c1-4-19-9-13-5-7-14(8-6-13)10-20(12(2)3)11-15(16,17)18/h5-8,12,19H,4,9-11H2,1-3H3. The Kier molecular flexibility index (Phi) is 6.49. The molecule has 20 heavy (non-hydrogen) atoms. The van der Waals surface area contributed by atoms with Gasteiger partial charge in [-0.05, 0) is 31.5 Å². The maximum absolute atomic E-state index is 12.5. The second-order valence-electron chi connectivity index (χ2n) is 5.21. The van der Waals surface area contributed by atoms with Gasteiger partial charge in [0.05, 0.1) is 6.54 Å². The minimum atomic E-state index is -4.16. The molecule has 0 atom stereocenters. The van der Waals surface area contributed by atoms with Crippen molar-refractivity contribution in [3.63, 3.8) is 0 Å². The molecule has 1 aromatic rings. The van der Waals surface area contributed by atoms with Crippen LogP contribution in [-0.4, -0.2) is 30.2 Å². The van der Waals surface area contributed by atoms with E-state index in [4.69, 9.17) is 0 Å². The largest absolute Gasteiger partial charge is 0.401 e. The summed E-state index contributed by atoms with van der Waals surface area (Å²) < 4.78 is 37.6. The molecule has 0 fully saturated rings. The van der Waals surface area contributed by atoms with Crippen LogP contribution in [0.3, 0.4) is 0 Å². The van der Waals surface area contributed by atoms with Crippen LogP contribution in [0.1, 0.15) is 31.9 Å². The summed E-state index contributed by atoms with van der Waals surface area (Å²) in [4.78, 5) is 1.43. The Labute approximate surface area is 119 Å².